The van der Waals surface area contributed by atoms with Crippen LogP contribution in [-0.2, 0) is 13.0 Å². The van der Waals surface area contributed by atoms with Gasteiger partial charge < -0.3 is 10.1 Å². The summed E-state index contributed by atoms with van der Waals surface area (Å²) in [5.74, 6) is 0.378. The van der Waals surface area contributed by atoms with E-state index in [1.165, 1.54) is 16.8 Å². The minimum atomic E-state index is -0.336. The molecule has 0 saturated heterocycles. The predicted octanol–water partition coefficient (Wildman–Crippen LogP) is 4.04. The number of nitrogens with one attached hydrogen (secondary N) is 1. The number of hydrogen-bond donors (Lipinski definition) is 1. The van der Waals surface area contributed by atoms with Crippen LogP contribution in [0.5, 0.6) is 5.75 Å². The van der Waals surface area contributed by atoms with Crippen LogP contribution in [0.4, 0.5) is 0 Å². The number of nitrogens with zero attached hydrogens (tertiary/aromatic N) is 2. The average Bonchev–Trinajstić information content (AvgIpc) is 2.86. The molecule has 1 atom stereocenters. The van der Waals surface area contributed by atoms with E-state index >= 15 is 0 Å². The number of aromatic nitrogens is 2. The maximum atomic E-state index is 13.1. The Morgan fingerprint density at radius 2 is 1.48 bits per heavy atom. The number of benzene rings is 3. The van der Waals surface area contributed by atoms with Crippen LogP contribution in [0.2, 0.25) is 0 Å². The van der Waals surface area contributed by atoms with Crippen molar-refractivity contribution in [1.82, 2.24) is 15.1 Å². The summed E-state index contributed by atoms with van der Waals surface area (Å²) < 4.78 is 6.91. The van der Waals surface area contributed by atoms with E-state index in [4.69, 9.17) is 4.74 Å². The molecule has 0 bridgehead atoms. The first-order chi connectivity index (χ1) is 16.2. The number of para-hydroxylation sites is 1. The Hall–Kier alpha value is -4.19. The quantitative estimate of drug-likeness (QED) is 0.427. The smallest absolute Gasteiger partial charge is 0.272 e. The zero-order valence-corrected chi connectivity index (χ0v) is 18.1. The molecule has 1 amide bonds. The van der Waals surface area contributed by atoms with Crippen LogP contribution in [0.3, 0.4) is 0 Å². The molecule has 6 heteroatoms. The Morgan fingerprint density at radius 3 is 2.18 bits per heavy atom. The number of hydrogen-bond acceptors (Lipinski definition) is 4. The van der Waals surface area contributed by atoms with Crippen molar-refractivity contribution in [3.05, 3.63) is 130 Å². The van der Waals surface area contributed by atoms with Crippen molar-refractivity contribution in [2.75, 3.05) is 6.61 Å². The molecule has 1 aromatic heterocycles. The molecule has 3 aromatic carbocycles. The van der Waals surface area contributed by atoms with E-state index in [1.54, 1.807) is 0 Å². The Bertz CT molecular complexity index is 1230. The lowest BCUT2D eigenvalue weighted by molar-refractivity contribution is 0.0928. The van der Waals surface area contributed by atoms with Gasteiger partial charge in [0.2, 0.25) is 0 Å². The summed E-state index contributed by atoms with van der Waals surface area (Å²) in [6, 6.07) is 31.8. The minimum absolute atomic E-state index is 0.184. The van der Waals surface area contributed by atoms with Gasteiger partial charge in [0.1, 0.15) is 18.1 Å². The third kappa shape index (κ3) is 6.17. The molecule has 6 nitrogen and oxygen atoms in total. The first kappa shape index (κ1) is 22.0. The second-order valence-corrected chi connectivity index (χ2v) is 7.57. The molecular formula is C27H25N3O3. The van der Waals surface area contributed by atoms with Crippen molar-refractivity contribution < 1.29 is 9.53 Å². The molecule has 4 aromatic rings. The van der Waals surface area contributed by atoms with Gasteiger partial charge in [-0.05, 0) is 35.7 Å². The van der Waals surface area contributed by atoms with Crippen LogP contribution >= 0.6 is 0 Å². The molecule has 4 rings (SSSR count). The number of carbonyl (C=O) groups is 1. The van der Waals surface area contributed by atoms with Crippen molar-refractivity contribution in [2.45, 2.75) is 19.0 Å². The van der Waals surface area contributed by atoms with Gasteiger partial charge in [-0.15, -0.1) is 0 Å². The average molecular weight is 440 g/mol. The summed E-state index contributed by atoms with van der Waals surface area (Å²) in [5, 5.41) is 7.35. The van der Waals surface area contributed by atoms with Crippen molar-refractivity contribution in [3.8, 4) is 5.75 Å². The lowest BCUT2D eigenvalue weighted by Gasteiger charge is -2.19. The maximum absolute atomic E-state index is 13.1. The standard InChI is InChI=1S/C27H25N3O3/c31-26-17-16-24(29-30(26)18-19-33-23-14-8-3-9-15-23)27(32)28-25(22-12-6-2-7-13-22)20-21-10-4-1-5-11-21/h1-17,25H,18-20H2,(H,28,32). The van der Waals surface area contributed by atoms with Crippen molar-refractivity contribution in [1.29, 1.82) is 0 Å². The first-order valence-electron chi connectivity index (χ1n) is 10.8. The van der Waals surface area contributed by atoms with E-state index in [-0.39, 0.29) is 36.4 Å². The fourth-order valence-electron chi connectivity index (χ4n) is 3.52. The van der Waals surface area contributed by atoms with E-state index in [0.717, 1.165) is 11.1 Å². The Labute approximate surface area is 192 Å². The second-order valence-electron chi connectivity index (χ2n) is 7.57. The summed E-state index contributed by atoms with van der Waals surface area (Å²) in [5.41, 5.74) is 2.01. The Kier molecular flexibility index (Phi) is 7.28. The van der Waals surface area contributed by atoms with Gasteiger partial charge in [-0.25, -0.2) is 4.68 Å². The largest absolute Gasteiger partial charge is 0.492 e. The zero-order chi connectivity index (χ0) is 22.9. The zero-order valence-electron chi connectivity index (χ0n) is 18.1. The van der Waals surface area contributed by atoms with Gasteiger partial charge in [0.15, 0.2) is 0 Å². The third-order valence-corrected chi connectivity index (χ3v) is 5.20. The molecular weight excluding hydrogens is 414 g/mol. The van der Waals surface area contributed by atoms with Gasteiger partial charge in [-0.1, -0.05) is 78.9 Å². The topological polar surface area (TPSA) is 73.2 Å². The summed E-state index contributed by atoms with van der Waals surface area (Å²) in [6.07, 6.45) is 0.640. The first-order valence-corrected chi connectivity index (χ1v) is 10.8. The van der Waals surface area contributed by atoms with Gasteiger partial charge in [0.05, 0.1) is 12.6 Å². The molecule has 0 aliphatic rings. The highest BCUT2D eigenvalue weighted by Crippen LogP contribution is 2.19. The van der Waals surface area contributed by atoms with Gasteiger partial charge >= 0.3 is 0 Å². The number of carbonyl (C=O) groups excluding carboxylic acids is 1. The normalized spacial score (nSPS) is 11.5. The van der Waals surface area contributed by atoms with Crippen LogP contribution in [0.25, 0.3) is 0 Å². The van der Waals surface area contributed by atoms with Gasteiger partial charge in [0.25, 0.3) is 11.5 Å². The Morgan fingerprint density at radius 1 is 0.848 bits per heavy atom. The van der Waals surface area contributed by atoms with Crippen LogP contribution in [0.15, 0.2) is 108 Å². The van der Waals surface area contributed by atoms with Crippen molar-refractivity contribution in [2.24, 2.45) is 0 Å². The van der Waals surface area contributed by atoms with Crippen molar-refractivity contribution in [3.63, 3.8) is 0 Å². The molecule has 0 aliphatic heterocycles. The summed E-state index contributed by atoms with van der Waals surface area (Å²) in [7, 11) is 0. The molecule has 166 valence electrons. The monoisotopic (exact) mass is 439 g/mol. The second kappa shape index (κ2) is 10.9. The molecule has 1 heterocycles. The minimum Gasteiger partial charge on any atom is -0.492 e. The molecule has 1 N–H and O–H groups in total. The van der Waals surface area contributed by atoms with Crippen LogP contribution in [0.1, 0.15) is 27.7 Å². The van der Waals surface area contributed by atoms with Gasteiger partial charge in [-0.3, -0.25) is 9.59 Å². The van der Waals surface area contributed by atoms with Crippen LogP contribution in [0, 0.1) is 0 Å². The fourth-order valence-corrected chi connectivity index (χ4v) is 3.52. The molecule has 0 saturated carbocycles. The molecule has 0 fully saturated rings. The van der Waals surface area contributed by atoms with Crippen LogP contribution < -0.4 is 15.6 Å². The number of rotatable bonds is 9. The lowest BCUT2D eigenvalue weighted by Crippen LogP contribution is -2.33. The van der Waals surface area contributed by atoms with E-state index in [9.17, 15) is 9.59 Å². The van der Waals surface area contributed by atoms with Gasteiger partial charge in [0, 0.05) is 6.07 Å². The summed E-state index contributed by atoms with van der Waals surface area (Å²) in [4.78, 5) is 25.3. The Balaban J connectivity index is 1.47. The third-order valence-electron chi connectivity index (χ3n) is 5.20. The van der Waals surface area contributed by atoms with E-state index in [1.807, 2.05) is 91.0 Å². The van der Waals surface area contributed by atoms with E-state index in [2.05, 4.69) is 10.4 Å². The van der Waals surface area contributed by atoms with E-state index < -0.39 is 0 Å². The summed E-state index contributed by atoms with van der Waals surface area (Å²) in [6.45, 7) is 0.504. The molecule has 0 aliphatic carbocycles. The molecule has 1 unspecified atom stereocenters. The predicted molar refractivity (Wildman–Crippen MR) is 127 cm³/mol. The van der Waals surface area contributed by atoms with Crippen molar-refractivity contribution >= 4 is 5.91 Å². The van der Waals surface area contributed by atoms with E-state index in [0.29, 0.717) is 12.2 Å². The fraction of sp³-hybridized carbons (Fsp3) is 0.148. The molecule has 33 heavy (non-hydrogen) atoms. The summed E-state index contributed by atoms with van der Waals surface area (Å²) >= 11 is 0. The lowest BCUT2D eigenvalue weighted by atomic mass is 9.98. The SMILES string of the molecule is O=C(NC(Cc1ccccc1)c1ccccc1)c1ccc(=O)n(CCOc2ccccc2)n1. The van der Waals surface area contributed by atoms with Crippen LogP contribution in [-0.4, -0.2) is 22.3 Å². The number of amides is 1. The molecule has 0 spiro atoms. The highest BCUT2D eigenvalue weighted by atomic mass is 16.5. The maximum Gasteiger partial charge on any atom is 0.272 e. The highest BCUT2D eigenvalue weighted by Gasteiger charge is 2.18. The van der Waals surface area contributed by atoms with Gasteiger partial charge in [-0.2, -0.15) is 5.10 Å². The highest BCUT2D eigenvalue weighted by molar-refractivity contribution is 5.92. The molecule has 0 radical (unpaired) electrons. The number of ether oxygens (including phenoxy) is 1.